The average molecular weight is 302 g/mol. The van der Waals surface area contributed by atoms with Crippen LogP contribution < -0.4 is 5.43 Å². The molecule has 0 bridgehead atoms. The predicted octanol–water partition coefficient (Wildman–Crippen LogP) is 2.46. The number of ether oxygens (including phenoxy) is 1. The van der Waals surface area contributed by atoms with Gasteiger partial charge in [0.25, 0.3) is 0 Å². The van der Waals surface area contributed by atoms with Crippen molar-refractivity contribution in [3.05, 3.63) is 45.2 Å². The molecular weight excluding hydrogens is 280 g/mol. The normalized spacial score (nSPS) is 11.1. The van der Waals surface area contributed by atoms with Gasteiger partial charge in [0.05, 0.1) is 12.2 Å². The summed E-state index contributed by atoms with van der Waals surface area (Å²) < 4.78 is 5.13. The zero-order valence-corrected chi connectivity index (χ0v) is 13.5. The van der Waals surface area contributed by atoms with E-state index < -0.39 is 5.97 Å². The maximum Gasteiger partial charge on any atom is 0.338 e. The van der Waals surface area contributed by atoms with Crippen LogP contribution >= 0.6 is 0 Å². The maximum absolute atomic E-state index is 12.7. The predicted molar refractivity (Wildman–Crippen MR) is 87.3 cm³/mol. The van der Waals surface area contributed by atoms with Crippen molar-refractivity contribution >= 4 is 16.9 Å². The monoisotopic (exact) mass is 302 g/mol. The molecule has 1 heterocycles. The lowest BCUT2D eigenvalue weighted by Crippen LogP contribution is -2.21. The van der Waals surface area contributed by atoms with Gasteiger partial charge in [0, 0.05) is 28.7 Å². The highest BCUT2D eigenvalue weighted by atomic mass is 16.5. The van der Waals surface area contributed by atoms with Crippen LogP contribution in [0.3, 0.4) is 0 Å². The number of hydrogen-bond acceptors (Lipinski definition) is 4. The highest BCUT2D eigenvalue weighted by Gasteiger charge is 2.13. The number of hydrogen-bond donors (Lipinski definition) is 1. The van der Waals surface area contributed by atoms with Crippen molar-refractivity contribution in [2.24, 2.45) is 0 Å². The lowest BCUT2D eigenvalue weighted by Gasteiger charge is -2.13. The Labute approximate surface area is 129 Å². The molecule has 0 radical (unpaired) electrons. The molecule has 118 valence electrons. The number of H-pyrrole nitrogens is 1. The SMILES string of the molecule is CCCOC(=O)c1ccc2[nH]c(C)c(CN(C)C)c(=O)c2c1. The number of aromatic amines is 1. The summed E-state index contributed by atoms with van der Waals surface area (Å²) in [4.78, 5) is 29.8. The summed E-state index contributed by atoms with van der Waals surface area (Å²) in [7, 11) is 3.84. The Bertz CT molecular complexity index is 747. The molecule has 2 rings (SSSR count). The number of aryl methyl sites for hydroxylation is 1. The second-order valence-corrected chi connectivity index (χ2v) is 5.69. The first-order valence-corrected chi connectivity index (χ1v) is 7.41. The average Bonchev–Trinajstić information content (AvgIpc) is 2.48. The Kier molecular flexibility index (Phi) is 4.98. The molecule has 0 saturated carbocycles. The van der Waals surface area contributed by atoms with Gasteiger partial charge in [-0.3, -0.25) is 4.79 Å². The highest BCUT2D eigenvalue weighted by molar-refractivity contribution is 5.94. The van der Waals surface area contributed by atoms with Crippen LogP contribution in [-0.4, -0.2) is 36.6 Å². The van der Waals surface area contributed by atoms with Gasteiger partial charge in [0.2, 0.25) is 0 Å². The molecule has 0 unspecified atom stereocenters. The van der Waals surface area contributed by atoms with E-state index in [1.807, 2.05) is 32.8 Å². The van der Waals surface area contributed by atoms with Crippen molar-refractivity contribution in [2.75, 3.05) is 20.7 Å². The lowest BCUT2D eigenvalue weighted by atomic mass is 10.1. The molecule has 1 N–H and O–H groups in total. The first-order valence-electron chi connectivity index (χ1n) is 7.41. The molecule has 5 heteroatoms. The minimum atomic E-state index is -0.391. The third-order valence-electron chi connectivity index (χ3n) is 3.46. The van der Waals surface area contributed by atoms with Gasteiger partial charge in [-0.25, -0.2) is 4.79 Å². The van der Waals surface area contributed by atoms with Gasteiger partial charge in [-0.05, 0) is 45.6 Å². The summed E-state index contributed by atoms with van der Waals surface area (Å²) in [6.45, 7) is 4.77. The fourth-order valence-corrected chi connectivity index (χ4v) is 2.36. The number of fused-ring (bicyclic) bond motifs is 1. The summed E-state index contributed by atoms with van der Waals surface area (Å²) in [6, 6.07) is 5.05. The van der Waals surface area contributed by atoms with Crippen LogP contribution in [0.5, 0.6) is 0 Å². The van der Waals surface area contributed by atoms with E-state index in [0.717, 1.165) is 23.2 Å². The number of benzene rings is 1. The first kappa shape index (κ1) is 16.2. The Morgan fingerprint density at radius 2 is 2.05 bits per heavy atom. The van der Waals surface area contributed by atoms with E-state index in [1.54, 1.807) is 18.2 Å². The van der Waals surface area contributed by atoms with Crippen molar-refractivity contribution in [2.45, 2.75) is 26.8 Å². The summed E-state index contributed by atoms with van der Waals surface area (Å²) in [5.74, 6) is -0.391. The number of esters is 1. The molecule has 22 heavy (non-hydrogen) atoms. The van der Waals surface area contributed by atoms with Crippen LogP contribution in [-0.2, 0) is 11.3 Å². The molecule has 1 aromatic carbocycles. The van der Waals surface area contributed by atoms with E-state index in [2.05, 4.69) is 4.98 Å². The van der Waals surface area contributed by atoms with Crippen LogP contribution in [0.25, 0.3) is 10.9 Å². The van der Waals surface area contributed by atoms with E-state index in [1.165, 1.54) is 0 Å². The van der Waals surface area contributed by atoms with E-state index in [4.69, 9.17) is 4.74 Å². The van der Waals surface area contributed by atoms with Crippen molar-refractivity contribution in [1.82, 2.24) is 9.88 Å². The molecule has 0 amide bonds. The Morgan fingerprint density at radius 1 is 1.32 bits per heavy atom. The molecule has 0 aliphatic carbocycles. The third-order valence-corrected chi connectivity index (χ3v) is 3.46. The molecule has 5 nitrogen and oxygen atoms in total. The van der Waals surface area contributed by atoms with Crippen molar-refractivity contribution in [3.8, 4) is 0 Å². The van der Waals surface area contributed by atoms with Gasteiger partial charge >= 0.3 is 5.97 Å². The van der Waals surface area contributed by atoms with Gasteiger partial charge in [-0.2, -0.15) is 0 Å². The van der Waals surface area contributed by atoms with Crippen molar-refractivity contribution < 1.29 is 9.53 Å². The molecule has 0 aliphatic rings. The quantitative estimate of drug-likeness (QED) is 0.862. The van der Waals surface area contributed by atoms with Gasteiger partial charge in [0.1, 0.15) is 0 Å². The van der Waals surface area contributed by atoms with Gasteiger partial charge in [-0.15, -0.1) is 0 Å². The molecule has 1 aromatic heterocycles. The number of rotatable bonds is 5. The van der Waals surface area contributed by atoms with Crippen molar-refractivity contribution in [1.29, 1.82) is 0 Å². The van der Waals surface area contributed by atoms with Crippen LogP contribution in [0.4, 0.5) is 0 Å². The highest BCUT2D eigenvalue weighted by Crippen LogP contribution is 2.15. The summed E-state index contributed by atoms with van der Waals surface area (Å²) >= 11 is 0. The lowest BCUT2D eigenvalue weighted by molar-refractivity contribution is 0.0505. The van der Waals surface area contributed by atoms with Gasteiger partial charge in [-0.1, -0.05) is 6.92 Å². The number of nitrogens with one attached hydrogen (secondary N) is 1. The summed E-state index contributed by atoms with van der Waals surface area (Å²) in [5.41, 5.74) is 2.68. The fraction of sp³-hybridized carbons (Fsp3) is 0.412. The van der Waals surface area contributed by atoms with Crippen LogP contribution in [0.2, 0.25) is 0 Å². The van der Waals surface area contributed by atoms with E-state index >= 15 is 0 Å². The Balaban J connectivity index is 2.51. The third kappa shape index (κ3) is 3.36. The van der Waals surface area contributed by atoms with Crippen LogP contribution in [0.1, 0.15) is 35.0 Å². The first-order chi connectivity index (χ1) is 10.4. The molecule has 0 atom stereocenters. The number of pyridine rings is 1. The summed E-state index contributed by atoms with van der Waals surface area (Å²) in [6.07, 6.45) is 0.770. The Hall–Kier alpha value is -2.14. The zero-order valence-electron chi connectivity index (χ0n) is 13.5. The van der Waals surface area contributed by atoms with Gasteiger partial charge < -0.3 is 14.6 Å². The number of carbonyl (C=O) groups is 1. The van der Waals surface area contributed by atoms with E-state index in [9.17, 15) is 9.59 Å². The molecule has 0 aliphatic heterocycles. The summed E-state index contributed by atoms with van der Waals surface area (Å²) in [5, 5.41) is 0.522. The fourth-order valence-electron chi connectivity index (χ4n) is 2.36. The largest absolute Gasteiger partial charge is 0.462 e. The standard InChI is InChI=1S/C17H22N2O3/c1-5-8-22-17(21)12-6-7-15-13(9-12)16(20)14(10-19(3)4)11(2)18-15/h6-7,9H,5,8,10H2,1-4H3,(H,18,20). The van der Waals surface area contributed by atoms with Gasteiger partial charge in [0.15, 0.2) is 5.43 Å². The molecule has 0 spiro atoms. The maximum atomic E-state index is 12.7. The second-order valence-electron chi connectivity index (χ2n) is 5.69. The second kappa shape index (κ2) is 6.75. The Morgan fingerprint density at radius 3 is 2.68 bits per heavy atom. The molecule has 0 saturated heterocycles. The van der Waals surface area contributed by atoms with E-state index in [0.29, 0.717) is 24.1 Å². The topological polar surface area (TPSA) is 62.4 Å². The zero-order chi connectivity index (χ0) is 16.3. The smallest absolute Gasteiger partial charge is 0.338 e. The van der Waals surface area contributed by atoms with Crippen molar-refractivity contribution in [3.63, 3.8) is 0 Å². The minimum absolute atomic E-state index is 0.0370. The molecular formula is C17H22N2O3. The van der Waals surface area contributed by atoms with E-state index in [-0.39, 0.29) is 5.43 Å². The molecule has 2 aromatic rings. The number of nitrogens with zero attached hydrogens (tertiary/aromatic N) is 1. The minimum Gasteiger partial charge on any atom is -0.462 e. The number of carbonyl (C=O) groups excluding carboxylic acids is 1. The van der Waals surface area contributed by atoms with Crippen LogP contribution in [0.15, 0.2) is 23.0 Å². The number of aromatic nitrogens is 1. The van der Waals surface area contributed by atoms with Crippen LogP contribution in [0, 0.1) is 6.92 Å². The molecule has 0 fully saturated rings.